The second kappa shape index (κ2) is 73.7. The lowest BCUT2D eigenvalue weighted by Gasteiger charge is -2.15. The Morgan fingerprint density at radius 1 is 0.267 bits per heavy atom. The molecule has 0 rings (SSSR count). The first-order valence-electron chi connectivity index (χ1n) is 34.6. The third-order valence-electron chi connectivity index (χ3n) is 14.1. The summed E-state index contributed by atoms with van der Waals surface area (Å²) in [6.07, 6.45) is 118. The van der Waals surface area contributed by atoms with Crippen LogP contribution in [0.25, 0.3) is 0 Å². The van der Waals surface area contributed by atoms with Gasteiger partial charge in [-0.25, -0.2) is 0 Å². The van der Waals surface area contributed by atoms with E-state index in [1.54, 1.807) is 0 Å². The van der Waals surface area contributed by atoms with Gasteiger partial charge in [0.15, 0.2) is 6.10 Å². The Bertz CT molecular complexity index is 2020. The van der Waals surface area contributed by atoms with Crippen molar-refractivity contribution in [2.75, 3.05) is 13.2 Å². The van der Waals surface area contributed by atoms with Gasteiger partial charge in [0.05, 0.1) is 6.61 Å². The number of ether oxygens (including phenoxy) is 2. The summed E-state index contributed by atoms with van der Waals surface area (Å²) in [7, 11) is 0. The van der Waals surface area contributed by atoms with Gasteiger partial charge in [0.2, 0.25) is 0 Å². The van der Waals surface area contributed by atoms with E-state index in [9.17, 15) is 14.7 Å². The highest BCUT2D eigenvalue weighted by atomic mass is 16.6. The molecule has 0 aliphatic rings. The topological polar surface area (TPSA) is 72.8 Å². The van der Waals surface area contributed by atoms with Crippen LogP contribution < -0.4 is 0 Å². The van der Waals surface area contributed by atoms with Crippen molar-refractivity contribution >= 4 is 11.9 Å². The number of hydrogen-bond acceptors (Lipinski definition) is 5. The standard InChI is InChI=1S/C81H126O5/c1-3-5-7-9-11-13-15-17-19-21-23-25-27-29-31-33-35-37-38-39-40-41-42-44-46-48-50-52-54-56-58-60-62-64-66-68-70-72-74-76-81(84)86-79(77-82)78-85-80(83)75-73-71-69-67-65-63-61-59-57-55-53-51-49-47-45-43-36-34-32-30-28-26-24-22-20-18-16-14-12-10-8-6-4-2/h5-8,11-14,17-20,23-26,29-32,35,37,39-40,42,44,48,50,54,56,60,62,66,68,79,82H,3-4,9-10,15-16,21-22,27-28,33-34,36,38,41,43,45-47,49,51-53,55,57-59,61,63-65,67,69-78H2,1-2H3/b7-5-,8-6-,13-11-,14-12-,19-17-,20-18-,25-23-,26-24-,31-29-,32-30-,37-35-,40-39-,44-42-,50-48-,56-54-,62-60-,68-66-. The van der Waals surface area contributed by atoms with Gasteiger partial charge in [-0.1, -0.05) is 317 Å². The first kappa shape index (κ1) is 80.5. The molecule has 0 spiro atoms. The van der Waals surface area contributed by atoms with Crippen LogP contribution in [0.15, 0.2) is 207 Å². The Kier molecular flexibility index (Phi) is 69.0. The molecule has 0 aliphatic carbocycles. The van der Waals surface area contributed by atoms with E-state index in [-0.39, 0.29) is 31.6 Å². The quantitative estimate of drug-likeness (QED) is 0.0373. The maximum Gasteiger partial charge on any atom is 0.306 e. The van der Waals surface area contributed by atoms with Crippen molar-refractivity contribution in [3.8, 4) is 0 Å². The second-order valence-electron chi connectivity index (χ2n) is 22.1. The SMILES string of the molecule is CC/C=C\C/C=C\C/C=C\C/C=C\C/C=C\C/C=C\C/C=C\C/C=C\C/C=C\C/C=C\C/C=C\C/C=C\CCCCC(=O)OC(CO)COC(=O)CCCCCCCCCCCCCCCCCCC/C=C\C/C=C\C/C=C\C/C=C\C/C=C\CC. The Morgan fingerprint density at radius 2 is 0.465 bits per heavy atom. The minimum atomic E-state index is -0.812. The Labute approximate surface area is 530 Å². The number of carbonyl (C=O) groups is 2. The lowest BCUT2D eigenvalue weighted by Crippen LogP contribution is -2.28. The van der Waals surface area contributed by atoms with Gasteiger partial charge in [0, 0.05) is 12.8 Å². The predicted molar refractivity (Wildman–Crippen MR) is 379 cm³/mol. The molecule has 0 fully saturated rings. The molecule has 0 saturated heterocycles. The lowest BCUT2D eigenvalue weighted by molar-refractivity contribution is -0.161. The van der Waals surface area contributed by atoms with Crippen molar-refractivity contribution in [2.45, 2.75) is 277 Å². The van der Waals surface area contributed by atoms with Gasteiger partial charge in [0.25, 0.3) is 0 Å². The van der Waals surface area contributed by atoms with E-state index in [1.165, 1.54) is 96.3 Å². The number of aliphatic hydroxyl groups excluding tert-OH is 1. The van der Waals surface area contributed by atoms with E-state index in [4.69, 9.17) is 9.47 Å². The fourth-order valence-electron chi connectivity index (χ4n) is 8.98. The van der Waals surface area contributed by atoms with E-state index in [1.807, 2.05) is 0 Å². The number of aliphatic hydroxyl groups is 1. The summed E-state index contributed by atoms with van der Waals surface area (Å²) in [5.74, 6) is -0.651. The average Bonchev–Trinajstić information content (AvgIpc) is 3.55. The van der Waals surface area contributed by atoms with E-state index >= 15 is 0 Å². The largest absolute Gasteiger partial charge is 0.462 e. The molecule has 1 unspecified atom stereocenters. The molecule has 0 aromatic carbocycles. The monoisotopic (exact) mass is 1180 g/mol. The molecule has 0 aliphatic heterocycles. The van der Waals surface area contributed by atoms with Crippen molar-refractivity contribution in [3.63, 3.8) is 0 Å². The summed E-state index contributed by atoms with van der Waals surface area (Å²) in [5.41, 5.74) is 0. The van der Waals surface area contributed by atoms with Gasteiger partial charge in [0.1, 0.15) is 6.61 Å². The summed E-state index contributed by atoms with van der Waals surface area (Å²) >= 11 is 0. The molecule has 1 atom stereocenters. The maximum absolute atomic E-state index is 12.3. The molecule has 1 N–H and O–H groups in total. The van der Waals surface area contributed by atoms with E-state index < -0.39 is 6.10 Å². The number of rotatable bonds is 61. The van der Waals surface area contributed by atoms with Gasteiger partial charge < -0.3 is 14.6 Å². The Balaban J connectivity index is 3.63. The van der Waals surface area contributed by atoms with Crippen LogP contribution in [0.5, 0.6) is 0 Å². The molecule has 0 aromatic heterocycles. The van der Waals surface area contributed by atoms with Crippen LogP contribution in [-0.4, -0.2) is 36.4 Å². The number of unbranched alkanes of at least 4 members (excludes halogenated alkanes) is 19. The number of esters is 2. The van der Waals surface area contributed by atoms with Crippen molar-refractivity contribution in [1.82, 2.24) is 0 Å². The molecule has 0 radical (unpaired) electrons. The molecule has 480 valence electrons. The maximum atomic E-state index is 12.3. The van der Waals surface area contributed by atoms with Gasteiger partial charge in [-0.05, 0) is 148 Å². The van der Waals surface area contributed by atoms with Crippen LogP contribution in [0.2, 0.25) is 0 Å². The molecule has 5 heteroatoms. The Morgan fingerprint density at radius 3 is 0.721 bits per heavy atom. The first-order valence-corrected chi connectivity index (χ1v) is 34.6. The van der Waals surface area contributed by atoms with E-state index in [2.05, 4.69) is 220 Å². The molecule has 0 bridgehead atoms. The zero-order chi connectivity index (χ0) is 61.9. The normalized spacial score (nSPS) is 13.6. The fraction of sp³-hybridized carbons (Fsp3) is 0.556. The zero-order valence-electron chi connectivity index (χ0n) is 55.0. The van der Waals surface area contributed by atoms with Crippen LogP contribution in [0, 0.1) is 0 Å². The van der Waals surface area contributed by atoms with Crippen molar-refractivity contribution in [3.05, 3.63) is 207 Å². The molecule has 0 amide bonds. The molecule has 0 aromatic rings. The molecule has 0 heterocycles. The van der Waals surface area contributed by atoms with E-state index in [0.717, 1.165) is 141 Å². The minimum absolute atomic E-state index is 0.0950. The summed E-state index contributed by atoms with van der Waals surface area (Å²) in [6.45, 7) is 3.88. The highest BCUT2D eigenvalue weighted by molar-refractivity contribution is 5.70. The fourth-order valence-corrected chi connectivity index (χ4v) is 8.98. The van der Waals surface area contributed by atoms with Crippen molar-refractivity contribution in [1.29, 1.82) is 0 Å². The highest BCUT2D eigenvalue weighted by Gasteiger charge is 2.16. The summed E-state index contributed by atoms with van der Waals surface area (Å²) in [6, 6.07) is 0. The zero-order valence-corrected chi connectivity index (χ0v) is 55.0. The summed E-state index contributed by atoms with van der Waals surface area (Å²) in [5, 5.41) is 9.69. The first-order chi connectivity index (χ1) is 42.6. The molecule has 86 heavy (non-hydrogen) atoms. The summed E-state index contributed by atoms with van der Waals surface area (Å²) < 4.78 is 10.7. The van der Waals surface area contributed by atoms with Gasteiger partial charge in [-0.15, -0.1) is 0 Å². The van der Waals surface area contributed by atoms with Crippen LogP contribution in [0.4, 0.5) is 0 Å². The molecule has 0 saturated carbocycles. The smallest absolute Gasteiger partial charge is 0.306 e. The minimum Gasteiger partial charge on any atom is -0.462 e. The van der Waals surface area contributed by atoms with Gasteiger partial charge in [-0.2, -0.15) is 0 Å². The Hall–Kier alpha value is -5.52. The number of hydrogen-bond donors (Lipinski definition) is 1. The van der Waals surface area contributed by atoms with Crippen LogP contribution in [0.1, 0.15) is 271 Å². The van der Waals surface area contributed by atoms with Crippen molar-refractivity contribution < 1.29 is 24.2 Å². The van der Waals surface area contributed by atoms with E-state index in [0.29, 0.717) is 12.8 Å². The summed E-state index contributed by atoms with van der Waals surface area (Å²) in [4.78, 5) is 24.6. The number of allylic oxidation sites excluding steroid dienone is 34. The predicted octanol–water partition coefficient (Wildman–Crippen LogP) is 24.5. The highest BCUT2D eigenvalue weighted by Crippen LogP contribution is 2.16. The second-order valence-corrected chi connectivity index (χ2v) is 22.1. The van der Waals surface area contributed by atoms with Gasteiger partial charge in [-0.3, -0.25) is 9.59 Å². The van der Waals surface area contributed by atoms with Crippen LogP contribution >= 0.6 is 0 Å². The molecule has 5 nitrogen and oxygen atoms in total. The third kappa shape index (κ3) is 71.0. The van der Waals surface area contributed by atoms with Gasteiger partial charge >= 0.3 is 11.9 Å². The van der Waals surface area contributed by atoms with Crippen LogP contribution in [-0.2, 0) is 19.1 Å². The van der Waals surface area contributed by atoms with Crippen molar-refractivity contribution in [2.24, 2.45) is 0 Å². The third-order valence-corrected chi connectivity index (χ3v) is 14.1. The number of carbonyl (C=O) groups excluding carboxylic acids is 2. The van der Waals surface area contributed by atoms with Crippen LogP contribution in [0.3, 0.4) is 0 Å². The average molecular weight is 1180 g/mol. The lowest BCUT2D eigenvalue weighted by atomic mass is 10.0. The molecular weight excluding hydrogens is 1050 g/mol. The molecular formula is C81H126O5.